The van der Waals surface area contributed by atoms with E-state index in [-0.39, 0.29) is 11.4 Å². The average Bonchev–Trinajstić information content (AvgIpc) is 2.30. The van der Waals surface area contributed by atoms with Gasteiger partial charge in [0, 0.05) is 15.8 Å². The second-order valence-corrected chi connectivity index (χ2v) is 5.17. The smallest absolute Gasteiger partial charge is 0.257 e. The number of anilines is 2. The van der Waals surface area contributed by atoms with Crippen molar-refractivity contribution in [2.75, 3.05) is 11.1 Å². The van der Waals surface area contributed by atoms with Crippen molar-refractivity contribution in [2.24, 2.45) is 0 Å². The number of hydrogen-bond acceptors (Lipinski definition) is 2. The highest BCUT2D eigenvalue weighted by Gasteiger charge is 2.11. The molecule has 0 bridgehead atoms. The third kappa shape index (κ3) is 3.45. The van der Waals surface area contributed by atoms with Gasteiger partial charge in [-0.15, -0.1) is 0 Å². The first-order valence-electron chi connectivity index (χ1n) is 5.28. The second kappa shape index (κ2) is 5.59. The summed E-state index contributed by atoms with van der Waals surface area (Å²) in [5.41, 5.74) is 6.30. The van der Waals surface area contributed by atoms with Gasteiger partial charge in [-0.2, -0.15) is 0 Å². The highest BCUT2D eigenvalue weighted by atomic mass is 79.9. The molecule has 0 saturated heterocycles. The molecule has 98 valence electrons. The predicted molar refractivity (Wildman–Crippen MR) is 77.9 cm³/mol. The topological polar surface area (TPSA) is 55.1 Å². The lowest BCUT2D eigenvalue weighted by atomic mass is 10.2. The van der Waals surface area contributed by atoms with Crippen LogP contribution >= 0.6 is 27.5 Å². The molecule has 1 amide bonds. The van der Waals surface area contributed by atoms with Gasteiger partial charge in [-0.25, -0.2) is 4.39 Å². The summed E-state index contributed by atoms with van der Waals surface area (Å²) < 4.78 is 13.9. The van der Waals surface area contributed by atoms with Crippen molar-refractivity contribution in [1.82, 2.24) is 0 Å². The lowest BCUT2D eigenvalue weighted by molar-refractivity contribution is 0.102. The van der Waals surface area contributed by atoms with E-state index in [1.807, 2.05) is 0 Å². The molecule has 2 aromatic rings. The molecule has 0 aromatic heterocycles. The van der Waals surface area contributed by atoms with E-state index in [1.165, 1.54) is 18.2 Å². The number of halogens is 3. The van der Waals surface area contributed by atoms with E-state index in [0.29, 0.717) is 10.6 Å². The monoisotopic (exact) mass is 342 g/mol. The number of carbonyl (C=O) groups excluding carboxylic acids is 1. The SMILES string of the molecule is Nc1cc(F)cc(NC(=O)c2cc(Br)ccc2Cl)c1. The highest BCUT2D eigenvalue weighted by molar-refractivity contribution is 9.10. The maximum absolute atomic E-state index is 13.2. The van der Waals surface area contributed by atoms with Gasteiger partial charge in [0.05, 0.1) is 10.6 Å². The third-order valence-corrected chi connectivity index (χ3v) is 3.17. The van der Waals surface area contributed by atoms with Gasteiger partial charge < -0.3 is 11.1 Å². The van der Waals surface area contributed by atoms with Crippen LogP contribution in [0.25, 0.3) is 0 Å². The minimum atomic E-state index is -0.518. The Morgan fingerprint density at radius 3 is 2.68 bits per heavy atom. The van der Waals surface area contributed by atoms with Gasteiger partial charge in [0.2, 0.25) is 0 Å². The Kier molecular flexibility index (Phi) is 4.07. The van der Waals surface area contributed by atoms with Crippen molar-refractivity contribution in [3.05, 3.63) is 57.3 Å². The molecule has 0 aliphatic rings. The molecule has 0 unspecified atom stereocenters. The van der Waals surface area contributed by atoms with Gasteiger partial charge in [0.1, 0.15) is 5.82 Å². The van der Waals surface area contributed by atoms with Crippen LogP contribution in [0, 0.1) is 5.82 Å². The lowest BCUT2D eigenvalue weighted by Crippen LogP contribution is -2.13. The van der Waals surface area contributed by atoms with Crippen molar-refractivity contribution in [3.8, 4) is 0 Å². The predicted octanol–water partition coefficient (Wildman–Crippen LogP) is 4.08. The molecule has 0 fully saturated rings. The van der Waals surface area contributed by atoms with E-state index < -0.39 is 11.7 Å². The molecular weight excluding hydrogens is 335 g/mol. The van der Waals surface area contributed by atoms with Crippen LogP contribution in [0.15, 0.2) is 40.9 Å². The minimum Gasteiger partial charge on any atom is -0.399 e. The Balaban J connectivity index is 2.28. The summed E-state index contributed by atoms with van der Waals surface area (Å²) in [6.07, 6.45) is 0. The van der Waals surface area contributed by atoms with Crippen LogP contribution in [0.1, 0.15) is 10.4 Å². The molecule has 0 saturated carbocycles. The fourth-order valence-corrected chi connectivity index (χ4v) is 2.12. The van der Waals surface area contributed by atoms with Crippen molar-refractivity contribution in [1.29, 1.82) is 0 Å². The standard InChI is InChI=1S/C13H9BrClFN2O/c14-7-1-2-12(15)11(3-7)13(19)18-10-5-8(16)4-9(17)6-10/h1-6H,17H2,(H,18,19). The number of hydrogen-bond donors (Lipinski definition) is 2. The molecule has 0 aliphatic heterocycles. The summed E-state index contributed by atoms with van der Waals surface area (Å²) in [7, 11) is 0. The Morgan fingerprint density at radius 1 is 1.26 bits per heavy atom. The molecule has 2 rings (SSSR count). The van der Waals surface area contributed by atoms with Crippen molar-refractivity contribution >= 4 is 44.8 Å². The zero-order valence-electron chi connectivity index (χ0n) is 9.58. The van der Waals surface area contributed by atoms with E-state index in [2.05, 4.69) is 21.2 Å². The fourth-order valence-electron chi connectivity index (χ4n) is 1.55. The number of carbonyl (C=O) groups is 1. The summed E-state index contributed by atoms with van der Waals surface area (Å²) in [5.74, 6) is -0.952. The largest absolute Gasteiger partial charge is 0.399 e. The summed E-state index contributed by atoms with van der Waals surface area (Å²) in [4.78, 5) is 12.0. The van der Waals surface area contributed by atoms with Crippen LogP contribution in [0.4, 0.5) is 15.8 Å². The van der Waals surface area contributed by atoms with E-state index in [9.17, 15) is 9.18 Å². The summed E-state index contributed by atoms with van der Waals surface area (Å²) in [5, 5.41) is 2.85. The van der Waals surface area contributed by atoms with Gasteiger partial charge >= 0.3 is 0 Å². The molecule has 0 aliphatic carbocycles. The Labute approximate surface area is 122 Å². The molecule has 0 heterocycles. The molecule has 2 aromatic carbocycles. The van der Waals surface area contributed by atoms with Crippen LogP contribution in [0.5, 0.6) is 0 Å². The van der Waals surface area contributed by atoms with Gasteiger partial charge in [-0.1, -0.05) is 27.5 Å². The lowest BCUT2D eigenvalue weighted by Gasteiger charge is -2.08. The second-order valence-electron chi connectivity index (χ2n) is 3.85. The quantitative estimate of drug-likeness (QED) is 0.807. The zero-order chi connectivity index (χ0) is 14.0. The number of nitrogens with one attached hydrogen (secondary N) is 1. The van der Waals surface area contributed by atoms with E-state index in [1.54, 1.807) is 18.2 Å². The molecule has 3 N–H and O–H groups in total. The average molecular weight is 344 g/mol. The molecule has 0 atom stereocenters. The van der Waals surface area contributed by atoms with Crippen LogP contribution < -0.4 is 11.1 Å². The minimum absolute atomic E-state index is 0.232. The molecule has 0 spiro atoms. The van der Waals surface area contributed by atoms with Crippen LogP contribution in [0.3, 0.4) is 0 Å². The summed E-state index contributed by atoms with van der Waals surface area (Å²) >= 11 is 9.19. The van der Waals surface area contributed by atoms with Crippen molar-refractivity contribution < 1.29 is 9.18 Å². The van der Waals surface area contributed by atoms with E-state index in [0.717, 1.165) is 4.47 Å². The normalized spacial score (nSPS) is 10.3. The van der Waals surface area contributed by atoms with Gasteiger partial charge in [0.25, 0.3) is 5.91 Å². The summed E-state index contributed by atoms with van der Waals surface area (Å²) in [6.45, 7) is 0. The first-order chi connectivity index (χ1) is 8.95. The fraction of sp³-hybridized carbons (Fsp3) is 0. The van der Waals surface area contributed by atoms with Gasteiger partial charge in [-0.05, 0) is 36.4 Å². The van der Waals surface area contributed by atoms with Crippen molar-refractivity contribution in [2.45, 2.75) is 0 Å². The molecule has 0 radical (unpaired) electrons. The molecule has 19 heavy (non-hydrogen) atoms. The van der Waals surface area contributed by atoms with Crippen LogP contribution in [-0.2, 0) is 0 Å². The Bertz CT molecular complexity index is 628. The highest BCUT2D eigenvalue weighted by Crippen LogP contribution is 2.23. The molecular formula is C13H9BrClFN2O. The summed E-state index contributed by atoms with van der Waals surface area (Å²) in [6, 6.07) is 8.72. The van der Waals surface area contributed by atoms with Crippen LogP contribution in [0.2, 0.25) is 5.02 Å². The van der Waals surface area contributed by atoms with Gasteiger partial charge in [-0.3, -0.25) is 4.79 Å². The third-order valence-electron chi connectivity index (χ3n) is 2.35. The van der Waals surface area contributed by atoms with E-state index >= 15 is 0 Å². The Morgan fingerprint density at radius 2 is 2.00 bits per heavy atom. The molecule has 3 nitrogen and oxygen atoms in total. The first kappa shape index (κ1) is 13.8. The maximum Gasteiger partial charge on any atom is 0.257 e. The zero-order valence-corrected chi connectivity index (χ0v) is 11.9. The van der Waals surface area contributed by atoms with E-state index in [4.69, 9.17) is 17.3 Å². The first-order valence-corrected chi connectivity index (χ1v) is 6.45. The van der Waals surface area contributed by atoms with Crippen LogP contribution in [-0.4, -0.2) is 5.91 Å². The number of nitrogens with two attached hydrogens (primary N) is 1. The number of nitrogen functional groups attached to an aromatic ring is 1. The number of rotatable bonds is 2. The maximum atomic E-state index is 13.2. The number of benzene rings is 2. The van der Waals surface area contributed by atoms with Gasteiger partial charge in [0.15, 0.2) is 0 Å². The Hall–Kier alpha value is -1.59. The molecule has 6 heteroatoms. The van der Waals surface area contributed by atoms with Crippen molar-refractivity contribution in [3.63, 3.8) is 0 Å². The number of amides is 1.